The van der Waals surface area contributed by atoms with Crippen LogP contribution in [0.3, 0.4) is 0 Å². The molecule has 1 heterocycles. The normalized spacial score (nSPS) is 11.0. The van der Waals surface area contributed by atoms with Crippen LogP contribution in [0.1, 0.15) is 0 Å². The molecule has 4 rings (SSSR count). The molecule has 3 aromatic carbocycles. The van der Waals surface area contributed by atoms with Crippen LogP contribution in [-0.2, 0) is 0 Å². The molecule has 3 N–H and O–H groups in total. The molecule has 0 aliphatic heterocycles. The molecule has 0 saturated heterocycles. The van der Waals surface area contributed by atoms with Crippen LogP contribution in [0.5, 0.6) is 0 Å². The lowest BCUT2D eigenvalue weighted by molar-refractivity contribution is 1.04. The third-order valence-corrected chi connectivity index (χ3v) is 3.78. The van der Waals surface area contributed by atoms with Gasteiger partial charge in [-0.15, -0.1) is 0 Å². The molecule has 5 nitrogen and oxygen atoms in total. The van der Waals surface area contributed by atoms with Gasteiger partial charge in [-0.3, -0.25) is 14.8 Å². The Labute approximate surface area is 130 Å². The summed E-state index contributed by atoms with van der Waals surface area (Å²) in [7, 11) is 0. The number of hydrogen-bond acceptors (Lipinski definition) is 3. The van der Waals surface area contributed by atoms with Crippen LogP contribution in [-0.4, -0.2) is 9.97 Å². The summed E-state index contributed by atoms with van der Waals surface area (Å²) in [6.45, 7) is 0. The van der Waals surface area contributed by atoms with Gasteiger partial charge in [0.05, 0.1) is 0 Å². The fourth-order valence-corrected chi connectivity index (χ4v) is 2.76. The number of fused-ring (bicyclic) bond motifs is 2. The molecule has 0 spiro atoms. The van der Waals surface area contributed by atoms with Gasteiger partial charge in [0.25, 0.3) is 5.56 Å². The van der Waals surface area contributed by atoms with Gasteiger partial charge < -0.3 is 5.32 Å². The minimum absolute atomic E-state index is 0.361. The largest absolute Gasteiger partial charge is 0.341 e. The van der Waals surface area contributed by atoms with E-state index in [1.54, 1.807) is 0 Å². The molecular formula is C18H13N3O2. The second-order valence-electron chi connectivity index (χ2n) is 5.35. The third kappa shape index (κ3) is 2.48. The first-order valence-corrected chi connectivity index (χ1v) is 7.21. The number of aromatic nitrogens is 2. The molecule has 112 valence electrons. The van der Waals surface area contributed by atoms with E-state index in [0.717, 1.165) is 21.8 Å². The summed E-state index contributed by atoms with van der Waals surface area (Å²) in [6.07, 6.45) is 0. The molecule has 0 radical (unpaired) electrons. The number of aromatic amines is 2. The first-order chi connectivity index (χ1) is 11.2. The van der Waals surface area contributed by atoms with Gasteiger partial charge in [-0.1, -0.05) is 36.4 Å². The van der Waals surface area contributed by atoms with E-state index in [0.29, 0.717) is 5.82 Å². The Morgan fingerprint density at radius 1 is 0.739 bits per heavy atom. The van der Waals surface area contributed by atoms with Crippen molar-refractivity contribution < 1.29 is 0 Å². The molecular weight excluding hydrogens is 290 g/mol. The van der Waals surface area contributed by atoms with Gasteiger partial charge in [-0.25, -0.2) is 4.79 Å². The van der Waals surface area contributed by atoms with Gasteiger partial charge in [-0.2, -0.15) is 0 Å². The second kappa shape index (κ2) is 5.14. The van der Waals surface area contributed by atoms with Crippen molar-refractivity contribution in [3.05, 3.63) is 81.5 Å². The van der Waals surface area contributed by atoms with Crippen molar-refractivity contribution in [3.8, 4) is 0 Å². The molecule has 0 fully saturated rings. The molecule has 0 amide bonds. The lowest BCUT2D eigenvalue weighted by Gasteiger charge is -2.10. The van der Waals surface area contributed by atoms with Crippen molar-refractivity contribution in [1.82, 2.24) is 9.97 Å². The molecule has 0 atom stereocenters. The second-order valence-corrected chi connectivity index (χ2v) is 5.35. The van der Waals surface area contributed by atoms with Crippen molar-refractivity contribution >= 4 is 33.1 Å². The lowest BCUT2D eigenvalue weighted by atomic mass is 10.0. The van der Waals surface area contributed by atoms with Gasteiger partial charge in [-0.05, 0) is 34.4 Å². The molecule has 0 aliphatic rings. The van der Waals surface area contributed by atoms with Crippen molar-refractivity contribution in [2.24, 2.45) is 0 Å². The standard InChI is InChI=1S/C18H13N3O2/c22-17-10-16(20-18(23)21-17)19-15-7-3-6-13-8-11-4-1-2-5-12(11)9-14(13)15/h1-10H,(H3,19,20,21,22,23). The maximum absolute atomic E-state index is 11.4. The van der Waals surface area contributed by atoms with Crippen LogP contribution < -0.4 is 16.6 Å². The number of nitrogens with one attached hydrogen (secondary N) is 3. The Morgan fingerprint density at radius 2 is 1.48 bits per heavy atom. The summed E-state index contributed by atoms with van der Waals surface area (Å²) >= 11 is 0. The highest BCUT2D eigenvalue weighted by atomic mass is 16.2. The molecule has 0 bridgehead atoms. The van der Waals surface area contributed by atoms with Crippen LogP contribution in [0, 0.1) is 0 Å². The first kappa shape index (κ1) is 13.3. The fourth-order valence-electron chi connectivity index (χ4n) is 2.76. The predicted molar refractivity (Wildman–Crippen MR) is 92.4 cm³/mol. The zero-order valence-electron chi connectivity index (χ0n) is 12.1. The van der Waals surface area contributed by atoms with Gasteiger partial charge in [0.1, 0.15) is 5.82 Å². The van der Waals surface area contributed by atoms with Gasteiger partial charge in [0.15, 0.2) is 0 Å². The molecule has 23 heavy (non-hydrogen) atoms. The van der Waals surface area contributed by atoms with Gasteiger partial charge in [0.2, 0.25) is 0 Å². The highest BCUT2D eigenvalue weighted by Crippen LogP contribution is 2.29. The van der Waals surface area contributed by atoms with E-state index < -0.39 is 11.2 Å². The third-order valence-electron chi connectivity index (χ3n) is 3.78. The fraction of sp³-hybridized carbons (Fsp3) is 0. The van der Waals surface area contributed by atoms with E-state index in [1.807, 2.05) is 30.3 Å². The van der Waals surface area contributed by atoms with Crippen LogP contribution in [0.25, 0.3) is 21.5 Å². The Kier molecular flexibility index (Phi) is 2.98. The Bertz CT molecular complexity index is 1110. The van der Waals surface area contributed by atoms with Gasteiger partial charge >= 0.3 is 5.69 Å². The lowest BCUT2D eigenvalue weighted by Crippen LogP contribution is -2.22. The minimum Gasteiger partial charge on any atom is -0.341 e. The summed E-state index contributed by atoms with van der Waals surface area (Å²) in [4.78, 5) is 27.5. The van der Waals surface area contributed by atoms with Crippen LogP contribution >= 0.6 is 0 Å². The minimum atomic E-state index is -0.536. The zero-order chi connectivity index (χ0) is 15.8. The Balaban J connectivity index is 1.90. The molecule has 4 aromatic rings. The number of benzene rings is 3. The summed E-state index contributed by atoms with van der Waals surface area (Å²) in [5, 5.41) is 7.52. The summed E-state index contributed by atoms with van der Waals surface area (Å²) < 4.78 is 0. The summed E-state index contributed by atoms with van der Waals surface area (Å²) in [5.74, 6) is 0.361. The molecule has 1 aromatic heterocycles. The molecule has 0 aliphatic carbocycles. The maximum atomic E-state index is 11.4. The highest BCUT2D eigenvalue weighted by Gasteiger charge is 2.04. The Morgan fingerprint density at radius 3 is 2.26 bits per heavy atom. The van der Waals surface area contributed by atoms with Crippen molar-refractivity contribution in [2.75, 3.05) is 5.32 Å². The quantitative estimate of drug-likeness (QED) is 0.498. The SMILES string of the molecule is O=c1cc(Nc2cccc3cc4ccccc4cc23)[nH]c(=O)[nH]1. The number of rotatable bonds is 2. The van der Waals surface area contributed by atoms with Crippen molar-refractivity contribution in [2.45, 2.75) is 0 Å². The van der Waals surface area contributed by atoms with E-state index in [4.69, 9.17) is 0 Å². The average molecular weight is 303 g/mol. The van der Waals surface area contributed by atoms with E-state index in [9.17, 15) is 9.59 Å². The Hall–Kier alpha value is -3.34. The zero-order valence-corrected chi connectivity index (χ0v) is 12.1. The maximum Gasteiger partial charge on any atom is 0.327 e. The number of hydrogen-bond donors (Lipinski definition) is 3. The number of H-pyrrole nitrogens is 2. The molecule has 5 heteroatoms. The van der Waals surface area contributed by atoms with E-state index in [1.165, 1.54) is 11.5 Å². The van der Waals surface area contributed by atoms with Gasteiger partial charge in [0, 0.05) is 17.1 Å². The van der Waals surface area contributed by atoms with Crippen molar-refractivity contribution in [3.63, 3.8) is 0 Å². The summed E-state index contributed by atoms with van der Waals surface area (Å²) in [6, 6.07) is 19.6. The highest BCUT2D eigenvalue weighted by molar-refractivity contribution is 6.04. The smallest absolute Gasteiger partial charge is 0.327 e. The van der Waals surface area contributed by atoms with E-state index in [-0.39, 0.29) is 0 Å². The number of anilines is 2. The van der Waals surface area contributed by atoms with Crippen molar-refractivity contribution in [1.29, 1.82) is 0 Å². The molecule has 0 saturated carbocycles. The van der Waals surface area contributed by atoms with E-state index in [2.05, 4.69) is 39.6 Å². The van der Waals surface area contributed by atoms with Crippen LogP contribution in [0.4, 0.5) is 11.5 Å². The van der Waals surface area contributed by atoms with E-state index >= 15 is 0 Å². The monoisotopic (exact) mass is 303 g/mol. The first-order valence-electron chi connectivity index (χ1n) is 7.21. The topological polar surface area (TPSA) is 77.8 Å². The summed E-state index contributed by atoms with van der Waals surface area (Å²) in [5.41, 5.74) is -0.151. The average Bonchev–Trinajstić information content (AvgIpc) is 2.52. The van der Waals surface area contributed by atoms with Crippen LogP contribution in [0.15, 0.2) is 70.3 Å². The van der Waals surface area contributed by atoms with Crippen LogP contribution in [0.2, 0.25) is 0 Å². The predicted octanol–water partition coefficient (Wildman–Crippen LogP) is 3.11. The molecule has 0 unspecified atom stereocenters.